The molecule has 2 aliphatic rings. The van der Waals surface area contributed by atoms with Crippen LogP contribution in [0, 0.1) is 0 Å². The Hall–Kier alpha value is -0.200. The molecule has 1 saturated carbocycles. The molecule has 0 aromatic carbocycles. The molecule has 4 nitrogen and oxygen atoms in total. The number of hydrogen-bond donors (Lipinski definition) is 0. The van der Waals surface area contributed by atoms with Gasteiger partial charge < -0.3 is 9.64 Å². The van der Waals surface area contributed by atoms with Crippen molar-refractivity contribution >= 4 is 32.4 Å². The minimum atomic E-state index is 0.459. The van der Waals surface area contributed by atoms with Crippen molar-refractivity contribution in [2.45, 2.75) is 50.7 Å². The van der Waals surface area contributed by atoms with Crippen LogP contribution < -0.4 is 4.90 Å². The van der Waals surface area contributed by atoms with Crippen molar-refractivity contribution in [1.82, 2.24) is 10.2 Å². The summed E-state index contributed by atoms with van der Waals surface area (Å²) < 4.78 is 7.04. The summed E-state index contributed by atoms with van der Waals surface area (Å²) in [6, 6.07) is 0. The topological polar surface area (TPSA) is 38.2 Å². The summed E-state index contributed by atoms with van der Waals surface area (Å²) in [6.07, 6.45) is 8.47. The predicted octanol–water partition coefficient (Wildman–Crippen LogP) is 3.23. The third kappa shape index (κ3) is 3.03. The molecule has 1 saturated heterocycles. The van der Waals surface area contributed by atoms with Crippen molar-refractivity contribution in [3.63, 3.8) is 0 Å². The van der Waals surface area contributed by atoms with Gasteiger partial charge in [-0.2, -0.15) is 0 Å². The van der Waals surface area contributed by atoms with Gasteiger partial charge in [-0.25, -0.2) is 0 Å². The summed E-state index contributed by atoms with van der Waals surface area (Å²) in [5.41, 5.74) is 0. The Kier molecular flexibility index (Phi) is 4.16. The lowest BCUT2D eigenvalue weighted by Gasteiger charge is -2.32. The first kappa shape index (κ1) is 12.8. The van der Waals surface area contributed by atoms with E-state index in [0.29, 0.717) is 12.2 Å². The number of aromatic nitrogens is 2. The quantitative estimate of drug-likeness (QED) is 0.852. The number of halogens is 1. The zero-order chi connectivity index (χ0) is 12.4. The first-order valence-electron chi connectivity index (χ1n) is 6.70. The molecule has 2 heterocycles. The normalized spacial score (nSPS) is 22.8. The summed E-state index contributed by atoms with van der Waals surface area (Å²) in [4.78, 5) is 2.32. The number of nitrogens with zero attached hydrogens (tertiary/aromatic N) is 3. The molecule has 0 atom stereocenters. The number of rotatable bonds is 3. The number of ether oxygens (including phenoxy) is 1. The van der Waals surface area contributed by atoms with E-state index >= 15 is 0 Å². The fourth-order valence-electron chi connectivity index (χ4n) is 2.81. The van der Waals surface area contributed by atoms with Crippen molar-refractivity contribution in [2.75, 3.05) is 18.0 Å². The highest BCUT2D eigenvalue weighted by Crippen LogP contribution is 2.29. The molecule has 100 valence electrons. The molecule has 0 spiro atoms. The van der Waals surface area contributed by atoms with Crippen LogP contribution >= 0.6 is 27.3 Å². The highest BCUT2D eigenvalue weighted by molar-refractivity contribution is 9.11. The van der Waals surface area contributed by atoms with E-state index in [1.165, 1.54) is 25.7 Å². The molecule has 6 heteroatoms. The van der Waals surface area contributed by atoms with Crippen LogP contribution in [0.15, 0.2) is 3.92 Å². The molecule has 1 aromatic heterocycles. The third-order valence-corrected chi connectivity index (χ3v) is 5.21. The molecule has 0 radical (unpaired) electrons. The summed E-state index contributed by atoms with van der Waals surface area (Å²) in [7, 11) is 0. The summed E-state index contributed by atoms with van der Waals surface area (Å²) in [5.74, 6) is 0. The lowest BCUT2D eigenvalue weighted by molar-refractivity contribution is -0.0194. The Bertz CT molecular complexity index is 386. The lowest BCUT2D eigenvalue weighted by atomic mass is 10.1. The molecular formula is C12H18BrN3OS. The average molecular weight is 332 g/mol. The van der Waals surface area contributed by atoms with Crippen molar-refractivity contribution in [2.24, 2.45) is 0 Å². The van der Waals surface area contributed by atoms with Crippen LogP contribution in [-0.2, 0) is 4.74 Å². The van der Waals surface area contributed by atoms with Crippen molar-refractivity contribution in [1.29, 1.82) is 0 Å². The van der Waals surface area contributed by atoms with E-state index in [1.807, 2.05) is 0 Å². The zero-order valence-electron chi connectivity index (χ0n) is 10.3. The van der Waals surface area contributed by atoms with E-state index in [-0.39, 0.29) is 0 Å². The monoisotopic (exact) mass is 331 g/mol. The first-order chi connectivity index (χ1) is 8.81. The molecule has 1 aliphatic heterocycles. The van der Waals surface area contributed by atoms with Gasteiger partial charge in [-0.3, -0.25) is 0 Å². The maximum Gasteiger partial charge on any atom is 0.209 e. The van der Waals surface area contributed by atoms with Crippen molar-refractivity contribution < 1.29 is 4.74 Å². The molecule has 0 N–H and O–H groups in total. The lowest BCUT2D eigenvalue weighted by Crippen LogP contribution is -2.38. The van der Waals surface area contributed by atoms with Crippen molar-refractivity contribution in [3.05, 3.63) is 3.92 Å². The van der Waals surface area contributed by atoms with Crippen LogP contribution in [0.25, 0.3) is 0 Å². The Labute approximate surface area is 120 Å². The summed E-state index contributed by atoms with van der Waals surface area (Å²) in [5, 5.41) is 9.21. The van der Waals surface area contributed by atoms with Gasteiger partial charge in [0, 0.05) is 13.1 Å². The van der Waals surface area contributed by atoms with E-state index in [1.54, 1.807) is 11.3 Å². The SMILES string of the molecule is Brc1nnc(N2CCC(OC3CCCC3)CC2)s1. The van der Waals surface area contributed by atoms with Gasteiger partial charge in [0.25, 0.3) is 0 Å². The van der Waals surface area contributed by atoms with Gasteiger partial charge >= 0.3 is 0 Å². The van der Waals surface area contributed by atoms with Crippen molar-refractivity contribution in [3.8, 4) is 0 Å². The molecule has 3 rings (SSSR count). The van der Waals surface area contributed by atoms with Crippen LogP contribution in [0.1, 0.15) is 38.5 Å². The minimum Gasteiger partial charge on any atom is -0.375 e. The second kappa shape index (κ2) is 5.84. The maximum absolute atomic E-state index is 6.17. The van der Waals surface area contributed by atoms with Crippen LogP contribution in [0.2, 0.25) is 0 Å². The van der Waals surface area contributed by atoms with Crippen LogP contribution in [0.5, 0.6) is 0 Å². The standard InChI is InChI=1S/C12H18BrN3OS/c13-11-14-15-12(18-11)16-7-5-10(6-8-16)17-9-3-1-2-4-9/h9-10H,1-8H2. The smallest absolute Gasteiger partial charge is 0.209 e. The number of piperidine rings is 1. The molecule has 18 heavy (non-hydrogen) atoms. The zero-order valence-corrected chi connectivity index (χ0v) is 12.8. The number of hydrogen-bond acceptors (Lipinski definition) is 5. The summed E-state index contributed by atoms with van der Waals surface area (Å²) in [6.45, 7) is 2.08. The predicted molar refractivity (Wildman–Crippen MR) is 76.2 cm³/mol. The molecule has 1 aromatic rings. The van der Waals surface area contributed by atoms with Crippen LogP contribution in [0.4, 0.5) is 5.13 Å². The van der Waals surface area contributed by atoms with Gasteiger partial charge in [0.2, 0.25) is 5.13 Å². The second-order valence-electron chi connectivity index (χ2n) is 5.07. The Morgan fingerprint density at radius 1 is 1.06 bits per heavy atom. The Morgan fingerprint density at radius 3 is 2.33 bits per heavy atom. The van der Waals surface area contributed by atoms with E-state index in [0.717, 1.165) is 35.0 Å². The fraction of sp³-hybridized carbons (Fsp3) is 0.833. The molecule has 0 amide bonds. The highest BCUT2D eigenvalue weighted by atomic mass is 79.9. The second-order valence-corrected chi connectivity index (χ2v) is 7.30. The van der Waals surface area contributed by atoms with Gasteiger partial charge in [0.1, 0.15) is 0 Å². The van der Waals surface area contributed by atoms with E-state index in [4.69, 9.17) is 4.74 Å². The summed E-state index contributed by atoms with van der Waals surface area (Å²) >= 11 is 4.97. The minimum absolute atomic E-state index is 0.459. The molecular weight excluding hydrogens is 314 g/mol. The number of anilines is 1. The third-order valence-electron chi connectivity index (χ3n) is 3.79. The van der Waals surface area contributed by atoms with Gasteiger partial charge in [0.15, 0.2) is 3.92 Å². The molecule has 2 fully saturated rings. The van der Waals surface area contributed by atoms with Crippen LogP contribution in [0.3, 0.4) is 0 Å². The Balaban J connectivity index is 1.48. The van der Waals surface area contributed by atoms with E-state index in [2.05, 4.69) is 31.0 Å². The average Bonchev–Trinajstić information content (AvgIpc) is 3.02. The molecule has 0 unspecified atom stereocenters. The largest absolute Gasteiger partial charge is 0.375 e. The van der Waals surface area contributed by atoms with Gasteiger partial charge in [0.05, 0.1) is 12.2 Å². The molecule has 1 aliphatic carbocycles. The van der Waals surface area contributed by atoms with Gasteiger partial charge in [-0.1, -0.05) is 24.2 Å². The highest BCUT2D eigenvalue weighted by Gasteiger charge is 2.25. The van der Waals surface area contributed by atoms with Gasteiger partial charge in [-0.05, 0) is 41.6 Å². The maximum atomic E-state index is 6.17. The molecule has 0 bridgehead atoms. The van der Waals surface area contributed by atoms with Gasteiger partial charge in [-0.15, -0.1) is 10.2 Å². The first-order valence-corrected chi connectivity index (χ1v) is 8.31. The van der Waals surface area contributed by atoms with Crippen LogP contribution in [-0.4, -0.2) is 35.5 Å². The fourth-order valence-corrected chi connectivity index (χ4v) is 3.95. The van der Waals surface area contributed by atoms with E-state index < -0.39 is 0 Å². The Morgan fingerprint density at radius 2 is 1.72 bits per heavy atom. The van der Waals surface area contributed by atoms with E-state index in [9.17, 15) is 0 Å².